The molecule has 1 radical (unpaired) electrons. The van der Waals surface area contributed by atoms with Gasteiger partial charge in [-0.2, -0.15) is 0 Å². The van der Waals surface area contributed by atoms with Gasteiger partial charge in [-0.15, -0.1) is 59.2 Å². The van der Waals surface area contributed by atoms with Crippen molar-refractivity contribution in [1.82, 2.24) is 15.0 Å². The molecule has 6 aromatic rings. The van der Waals surface area contributed by atoms with Gasteiger partial charge in [-0.25, -0.2) is 4.98 Å². The second-order valence-electron chi connectivity index (χ2n) is 12.7. The number of benzene rings is 3. The molecule has 3 aromatic carbocycles. The Bertz CT molecular complexity index is 2330. The van der Waals surface area contributed by atoms with Crippen molar-refractivity contribution in [1.29, 1.82) is 0 Å². The largest absolute Gasteiger partial charge is 0.450 e. The first-order valence-electron chi connectivity index (χ1n) is 22.0. The number of nitrogens with zero attached hydrogens (tertiary/aromatic N) is 3. The van der Waals surface area contributed by atoms with Gasteiger partial charge in [0.05, 0.1) is 0 Å². The molecule has 8 rings (SSSR count). The van der Waals surface area contributed by atoms with Gasteiger partial charge in [0, 0.05) is 54.9 Å². The molecule has 2 saturated carbocycles. The molecule has 3 heterocycles. The van der Waals surface area contributed by atoms with Crippen LogP contribution in [0.2, 0.25) is 0 Å². The number of fused-ring (bicyclic) bond motifs is 3. The predicted octanol–water partition coefficient (Wildman–Crippen LogP) is 11.2. The topological polar surface area (TPSA) is 51.8 Å². The van der Waals surface area contributed by atoms with Gasteiger partial charge in [-0.1, -0.05) is 66.7 Å². The van der Waals surface area contributed by atoms with Crippen molar-refractivity contribution in [3.63, 3.8) is 0 Å². The van der Waals surface area contributed by atoms with Gasteiger partial charge in [0.2, 0.25) is 0 Å². The van der Waals surface area contributed by atoms with Crippen LogP contribution in [-0.2, 0) is 20.1 Å². The molecule has 0 aliphatic heterocycles. The maximum atomic E-state index is 7.95. The fourth-order valence-corrected chi connectivity index (χ4v) is 7.09. The van der Waals surface area contributed by atoms with Crippen LogP contribution in [0.25, 0.3) is 44.4 Å². The van der Waals surface area contributed by atoms with E-state index in [1.807, 2.05) is 18.2 Å². The predicted molar refractivity (Wildman–Crippen MR) is 188 cm³/mol. The second kappa shape index (κ2) is 14.2. The van der Waals surface area contributed by atoms with Gasteiger partial charge in [-0.3, -0.25) is 0 Å². The third kappa shape index (κ3) is 7.12. The van der Waals surface area contributed by atoms with Crippen LogP contribution in [0.4, 0.5) is 0 Å². The van der Waals surface area contributed by atoms with Gasteiger partial charge < -0.3 is 14.4 Å². The third-order valence-electron chi connectivity index (χ3n) is 9.67. The van der Waals surface area contributed by atoms with E-state index in [4.69, 9.17) is 25.9 Å². The molecule has 0 unspecified atom stereocenters. The van der Waals surface area contributed by atoms with Gasteiger partial charge in [0.25, 0.3) is 0 Å². The van der Waals surface area contributed by atoms with Crippen LogP contribution in [0.5, 0.6) is 0 Å². The first-order chi connectivity index (χ1) is 27.2. The van der Waals surface area contributed by atoms with Crippen molar-refractivity contribution < 1.29 is 41.0 Å². The van der Waals surface area contributed by atoms with E-state index in [9.17, 15) is 0 Å². The fraction of sp³-hybridized carbons (Fsp3) is 0.357. The van der Waals surface area contributed by atoms with E-state index in [1.165, 1.54) is 75.4 Å². The van der Waals surface area contributed by atoms with Gasteiger partial charge in [-0.05, 0) is 93.1 Å². The number of aryl methyl sites for hydroxylation is 4. The Morgan fingerprint density at radius 2 is 1.60 bits per heavy atom. The van der Waals surface area contributed by atoms with Crippen molar-refractivity contribution >= 4 is 21.9 Å². The molecule has 0 saturated heterocycles. The summed E-state index contributed by atoms with van der Waals surface area (Å²) in [7, 11) is 0. The van der Waals surface area contributed by atoms with E-state index in [0.717, 1.165) is 41.2 Å². The average Bonchev–Trinajstić information content (AvgIpc) is 3.62. The van der Waals surface area contributed by atoms with Crippen molar-refractivity contribution in [2.45, 2.75) is 91.1 Å². The summed E-state index contributed by atoms with van der Waals surface area (Å²) in [4.78, 5) is 13.4. The molecular formula is C42H43IrN3O-2. The zero-order chi connectivity index (χ0) is 41.7. The molecule has 2 aliphatic carbocycles. The minimum absolute atomic E-state index is 0. The van der Waals surface area contributed by atoms with Crippen LogP contribution >= 0.6 is 0 Å². The molecule has 0 bridgehead atoms. The fourth-order valence-electron chi connectivity index (χ4n) is 7.09. The van der Waals surface area contributed by atoms with Crippen LogP contribution in [-0.4, -0.2) is 15.0 Å². The Labute approximate surface area is 309 Å². The Morgan fingerprint density at radius 1 is 0.787 bits per heavy atom. The van der Waals surface area contributed by atoms with Crippen LogP contribution < -0.4 is 0 Å². The minimum atomic E-state index is -2.60. The number of rotatable bonds is 3. The molecule has 0 N–H and O–H groups in total. The number of pyridine rings is 2. The molecule has 1 spiro atoms. The summed E-state index contributed by atoms with van der Waals surface area (Å²) in [5.74, 6) is 1.06. The van der Waals surface area contributed by atoms with Gasteiger partial charge >= 0.3 is 0 Å². The number of hydrogen-bond acceptors (Lipinski definition) is 4. The van der Waals surface area contributed by atoms with Crippen molar-refractivity contribution in [3.05, 3.63) is 113 Å². The summed E-state index contributed by atoms with van der Waals surface area (Å²) in [5.41, 5.74) is 3.88. The molecule has 0 atom stereocenters. The second-order valence-corrected chi connectivity index (χ2v) is 12.7. The molecule has 47 heavy (non-hydrogen) atoms. The van der Waals surface area contributed by atoms with E-state index >= 15 is 0 Å². The molecular weight excluding hydrogens is 755 g/mol. The van der Waals surface area contributed by atoms with E-state index in [2.05, 4.69) is 22.1 Å². The number of oxazole rings is 1. The van der Waals surface area contributed by atoms with Crippen LogP contribution in [0.15, 0.2) is 77.5 Å². The molecule has 243 valence electrons. The maximum absolute atomic E-state index is 7.95. The van der Waals surface area contributed by atoms with Crippen LogP contribution in [0, 0.1) is 45.0 Å². The SMILES string of the molecule is [2H]C([2H])([2H])c1c[c-]c(-c2ccc(C([2H])([2H])[2H])cn2)cc1.[2H]C([2H])([2H])c1cnc(-c2[c-]ccc3ccc4nc(C5CCC6(CCCCC6)CC5)oc4c23)cc1C([2H])([2H])[2H].[Ir]. The maximum Gasteiger partial charge on any atom is 0.197 e. The van der Waals surface area contributed by atoms with Crippen molar-refractivity contribution in [2.75, 3.05) is 0 Å². The van der Waals surface area contributed by atoms with Crippen molar-refractivity contribution in [2.24, 2.45) is 5.41 Å². The summed E-state index contributed by atoms with van der Waals surface area (Å²) < 4.78 is 97.3. The van der Waals surface area contributed by atoms with E-state index in [-0.39, 0.29) is 42.4 Å². The average molecular weight is 810 g/mol. The van der Waals surface area contributed by atoms with E-state index in [0.29, 0.717) is 39.4 Å². The normalized spacial score (nSPS) is 20.9. The quantitative estimate of drug-likeness (QED) is 0.167. The van der Waals surface area contributed by atoms with Crippen molar-refractivity contribution in [3.8, 4) is 22.5 Å². The first kappa shape index (κ1) is 21.3. The van der Waals surface area contributed by atoms with E-state index in [1.54, 1.807) is 18.2 Å². The molecule has 4 nitrogen and oxygen atoms in total. The first-order valence-corrected chi connectivity index (χ1v) is 16.0. The van der Waals surface area contributed by atoms with Crippen LogP contribution in [0.3, 0.4) is 0 Å². The third-order valence-corrected chi connectivity index (χ3v) is 9.67. The molecule has 3 aromatic heterocycles. The molecule has 2 fully saturated rings. The zero-order valence-electron chi connectivity index (χ0n) is 38.0. The Kier molecular flexibility index (Phi) is 6.45. The molecule has 2 aliphatic rings. The van der Waals surface area contributed by atoms with E-state index < -0.39 is 27.4 Å². The van der Waals surface area contributed by atoms with Gasteiger partial charge in [0.15, 0.2) is 5.89 Å². The summed E-state index contributed by atoms with van der Waals surface area (Å²) in [6.07, 6.45) is 13.9. The Balaban J connectivity index is 0.000000236. The summed E-state index contributed by atoms with van der Waals surface area (Å²) in [6, 6.07) is 22.6. The summed E-state index contributed by atoms with van der Waals surface area (Å²) in [6.45, 7) is -9.52. The van der Waals surface area contributed by atoms with Gasteiger partial charge in [0.1, 0.15) is 11.1 Å². The summed E-state index contributed by atoms with van der Waals surface area (Å²) >= 11 is 0. The number of hydrogen-bond donors (Lipinski definition) is 0. The zero-order valence-corrected chi connectivity index (χ0v) is 28.3. The standard InChI is InChI=1S/C29H31N2O.C13H12N.Ir/c1-19-17-25(30-18-20(19)2)23-8-6-7-21-9-10-24-27(26(21)23)32-28(31-24)22-11-15-29(16-12-22)13-4-3-5-14-29;1-10-3-6-12(7-4-10)13-8-5-11(2)9-14-13;/h6-7,9-10,17-18,22H,3-5,11-16H2,1-2H3;3-6,8-9H,1-2H3;/q2*-1;/i2*1D3,2D3;. The smallest absolute Gasteiger partial charge is 0.197 e. The molecule has 5 heteroatoms. The monoisotopic (exact) mass is 810 g/mol. The Hall–Kier alpha value is -3.66. The minimum Gasteiger partial charge on any atom is -0.450 e. The summed E-state index contributed by atoms with van der Waals surface area (Å²) in [5, 5.41) is 1.66. The molecule has 0 amide bonds. The Morgan fingerprint density at radius 3 is 2.32 bits per heavy atom. The van der Waals surface area contributed by atoms with Crippen LogP contribution in [0.1, 0.15) is 108 Å². The number of aromatic nitrogens is 3.